The summed E-state index contributed by atoms with van der Waals surface area (Å²) in [5.41, 5.74) is 4.45. The molecular weight excluding hydrogens is 502 g/mol. The van der Waals surface area contributed by atoms with E-state index in [0.29, 0.717) is 32.6 Å². The molecule has 3 aromatic carbocycles. The van der Waals surface area contributed by atoms with Crippen LogP contribution >= 0.6 is 0 Å². The van der Waals surface area contributed by atoms with Crippen LogP contribution in [0.4, 0.5) is 0 Å². The number of aryl methyl sites for hydroxylation is 2. The number of rotatable bonds is 0. The van der Waals surface area contributed by atoms with Gasteiger partial charge in [-0.05, 0) is 12.1 Å². The summed E-state index contributed by atoms with van der Waals surface area (Å²) in [6, 6.07) is 16.9. The number of H-pyrrole nitrogens is 2. The molecule has 0 saturated heterocycles. The van der Waals surface area contributed by atoms with E-state index in [1.807, 2.05) is 26.0 Å². The molecule has 0 fully saturated rings. The van der Waals surface area contributed by atoms with Crippen LogP contribution in [0.5, 0.6) is 0 Å². The Morgan fingerprint density at radius 1 is 0.607 bits per heavy atom. The number of hydrogen-bond acceptors (Lipinski definition) is 2. The standard InChI is InChI=1S/C22H14N2O2.2Y/c1-11-3-5-17-13(7-11)21(25)15-9-20-16(10-19(15)23-17)22(26)14-8-12(2)4-6-18(14)24-20;;/h5-10H,1-2H3,(H,23,25)(H,24,26);;/q-2;;. The molecule has 4 nitrogen and oxygen atoms in total. The van der Waals surface area contributed by atoms with Crippen LogP contribution in [-0.2, 0) is 65.4 Å². The average Bonchev–Trinajstić information content (AvgIpc) is 2.63. The molecule has 2 N–H and O–H groups in total. The second-order valence-corrected chi connectivity index (χ2v) is 6.74. The van der Waals surface area contributed by atoms with Gasteiger partial charge in [0.2, 0.25) is 0 Å². The topological polar surface area (TPSA) is 65.7 Å². The molecule has 0 atom stereocenters. The maximum Gasteiger partial charge on any atom is 0.173 e. The van der Waals surface area contributed by atoms with Crippen molar-refractivity contribution in [2.45, 2.75) is 13.8 Å². The zero-order valence-electron chi connectivity index (χ0n) is 15.4. The van der Waals surface area contributed by atoms with E-state index in [1.165, 1.54) is 0 Å². The first-order chi connectivity index (χ1) is 12.5. The quantitative estimate of drug-likeness (QED) is 0.243. The second kappa shape index (κ2) is 7.91. The van der Waals surface area contributed by atoms with Crippen molar-refractivity contribution in [2.24, 2.45) is 0 Å². The summed E-state index contributed by atoms with van der Waals surface area (Å²) in [6.45, 7) is 3.82. The predicted molar refractivity (Wildman–Crippen MR) is 105 cm³/mol. The van der Waals surface area contributed by atoms with Crippen LogP contribution < -0.4 is 10.9 Å². The fourth-order valence-corrected chi connectivity index (χ4v) is 3.54. The van der Waals surface area contributed by atoms with Crippen LogP contribution in [0, 0.1) is 26.0 Å². The fraction of sp³-hybridized carbons (Fsp3) is 0.0909. The zero-order valence-corrected chi connectivity index (χ0v) is 21.1. The smallest absolute Gasteiger partial charge is 0.173 e. The number of aromatic nitrogens is 2. The normalized spacial score (nSPS) is 10.9. The molecule has 5 rings (SSSR count). The summed E-state index contributed by atoms with van der Waals surface area (Å²) < 4.78 is 0. The number of fused-ring (bicyclic) bond motifs is 4. The van der Waals surface area contributed by atoms with Crippen molar-refractivity contribution >= 4 is 43.6 Å². The minimum Gasteiger partial charge on any atom is -0.407 e. The molecule has 0 aliphatic carbocycles. The Hall–Kier alpha value is -1.19. The van der Waals surface area contributed by atoms with Crippen molar-refractivity contribution in [1.82, 2.24) is 9.97 Å². The molecule has 2 heterocycles. The van der Waals surface area contributed by atoms with Crippen LogP contribution in [0.15, 0.2) is 46.0 Å². The average molecular weight is 516 g/mol. The van der Waals surface area contributed by atoms with Crippen LogP contribution in [0.3, 0.4) is 0 Å². The molecule has 28 heavy (non-hydrogen) atoms. The summed E-state index contributed by atoms with van der Waals surface area (Å²) >= 11 is 0. The Kier molecular flexibility index (Phi) is 6.08. The third-order valence-electron chi connectivity index (χ3n) is 4.87. The van der Waals surface area contributed by atoms with Gasteiger partial charge in [-0.3, -0.25) is 9.59 Å². The maximum absolute atomic E-state index is 12.9. The zero-order chi connectivity index (χ0) is 18.0. The van der Waals surface area contributed by atoms with Crippen molar-refractivity contribution in [2.75, 3.05) is 0 Å². The fourth-order valence-electron chi connectivity index (χ4n) is 3.54. The molecule has 0 aliphatic heterocycles. The third kappa shape index (κ3) is 3.35. The maximum atomic E-state index is 12.9. The first-order valence-electron chi connectivity index (χ1n) is 8.37. The molecule has 0 amide bonds. The number of aromatic amines is 2. The van der Waals surface area contributed by atoms with E-state index in [1.54, 1.807) is 24.3 Å². The van der Waals surface area contributed by atoms with Gasteiger partial charge in [0.05, 0.1) is 0 Å². The molecule has 0 aliphatic rings. The molecule has 2 aromatic heterocycles. The molecule has 2 radical (unpaired) electrons. The number of benzene rings is 3. The summed E-state index contributed by atoms with van der Waals surface area (Å²) in [6.07, 6.45) is 0. The van der Waals surface area contributed by atoms with Gasteiger partial charge in [0.1, 0.15) is 0 Å². The van der Waals surface area contributed by atoms with Crippen molar-refractivity contribution in [3.63, 3.8) is 0 Å². The molecule has 5 aromatic rings. The van der Waals surface area contributed by atoms with Gasteiger partial charge in [0.25, 0.3) is 0 Å². The van der Waals surface area contributed by atoms with Crippen molar-refractivity contribution in [3.8, 4) is 0 Å². The number of pyridine rings is 2. The van der Waals surface area contributed by atoms with Crippen LogP contribution in [0.1, 0.15) is 11.1 Å². The molecule has 0 unspecified atom stereocenters. The van der Waals surface area contributed by atoms with E-state index >= 15 is 0 Å². The number of nitrogens with one attached hydrogen (secondary N) is 2. The Morgan fingerprint density at radius 3 is 1.36 bits per heavy atom. The van der Waals surface area contributed by atoms with Crippen LogP contribution in [0.2, 0.25) is 0 Å². The first-order valence-corrected chi connectivity index (χ1v) is 8.37. The monoisotopic (exact) mass is 516 g/mol. The van der Waals surface area contributed by atoms with Gasteiger partial charge in [-0.1, -0.05) is 35.7 Å². The molecule has 0 spiro atoms. The minimum absolute atomic E-state index is 0. The van der Waals surface area contributed by atoms with Gasteiger partial charge in [0.15, 0.2) is 10.9 Å². The minimum atomic E-state index is -0.0517. The van der Waals surface area contributed by atoms with E-state index in [4.69, 9.17) is 0 Å². The van der Waals surface area contributed by atoms with E-state index in [0.717, 1.165) is 22.2 Å². The first kappa shape index (κ1) is 21.5. The molecule has 6 heteroatoms. The Morgan fingerprint density at radius 2 is 0.964 bits per heavy atom. The van der Waals surface area contributed by atoms with Crippen molar-refractivity contribution < 1.29 is 65.4 Å². The van der Waals surface area contributed by atoms with E-state index in [-0.39, 0.29) is 76.3 Å². The van der Waals surface area contributed by atoms with Crippen molar-refractivity contribution in [3.05, 3.63) is 80.1 Å². The Balaban J connectivity index is 0.00000112. The van der Waals surface area contributed by atoms with Gasteiger partial charge < -0.3 is 9.97 Å². The summed E-state index contributed by atoms with van der Waals surface area (Å²) in [5.74, 6) is 0. The van der Waals surface area contributed by atoms with E-state index in [2.05, 4.69) is 22.1 Å². The van der Waals surface area contributed by atoms with E-state index < -0.39 is 0 Å². The van der Waals surface area contributed by atoms with Gasteiger partial charge in [-0.25, -0.2) is 0 Å². The van der Waals surface area contributed by atoms with Crippen molar-refractivity contribution in [1.29, 1.82) is 0 Å². The Bertz CT molecular complexity index is 1390. The number of hydrogen-bond donors (Lipinski definition) is 2. The molecule has 132 valence electrons. The van der Waals surface area contributed by atoms with Gasteiger partial charge in [0, 0.05) is 87.2 Å². The van der Waals surface area contributed by atoms with Gasteiger partial charge >= 0.3 is 0 Å². The molecule has 0 bridgehead atoms. The Labute approximate surface area is 210 Å². The van der Waals surface area contributed by atoms with Gasteiger partial charge in [-0.15, -0.1) is 0 Å². The van der Waals surface area contributed by atoms with Crippen LogP contribution in [0.25, 0.3) is 43.6 Å². The summed E-state index contributed by atoms with van der Waals surface area (Å²) in [7, 11) is 0. The summed E-state index contributed by atoms with van der Waals surface area (Å²) in [5, 5.41) is 2.36. The van der Waals surface area contributed by atoms with E-state index in [9.17, 15) is 9.59 Å². The van der Waals surface area contributed by atoms with Crippen LogP contribution in [-0.4, -0.2) is 9.97 Å². The largest absolute Gasteiger partial charge is 0.407 e. The van der Waals surface area contributed by atoms with Gasteiger partial charge in [-0.2, -0.15) is 47.5 Å². The molecular formula is C22H14N2O2Y2-2. The molecule has 0 saturated carbocycles. The summed E-state index contributed by atoms with van der Waals surface area (Å²) in [4.78, 5) is 32.4. The SMILES string of the molecule is Cc1[c-]cc2[nH]c3cc4c(=O)c5cc(C)[c-]cc5[nH]c4cc3c(=O)c2c1.[Y].[Y]. The third-order valence-corrected chi connectivity index (χ3v) is 4.87. The second-order valence-electron chi connectivity index (χ2n) is 6.74. The predicted octanol–water partition coefficient (Wildman–Crippen LogP) is 3.89.